The van der Waals surface area contributed by atoms with Crippen molar-refractivity contribution in [3.8, 4) is 11.5 Å². The standard InChI is InChI=1S/C20H25NO4S/c1-24-16-10-11-18(20(15-16)25-2)19-9-6-12-21(19)13-14-26(22,23)17-7-4-3-5-8-17/h3-5,7-8,10-11,15,19H,6,9,12-14H2,1-2H3. The molecule has 0 bridgehead atoms. The second-order valence-corrected chi connectivity index (χ2v) is 8.54. The molecule has 1 heterocycles. The summed E-state index contributed by atoms with van der Waals surface area (Å²) in [6.07, 6.45) is 2.04. The van der Waals surface area contributed by atoms with Gasteiger partial charge in [-0.3, -0.25) is 4.90 Å². The third kappa shape index (κ3) is 4.02. The van der Waals surface area contributed by atoms with Crippen molar-refractivity contribution in [3.05, 3.63) is 54.1 Å². The maximum atomic E-state index is 12.6. The van der Waals surface area contributed by atoms with Crippen LogP contribution in [0.25, 0.3) is 0 Å². The van der Waals surface area contributed by atoms with Gasteiger partial charge in [0, 0.05) is 24.2 Å². The summed E-state index contributed by atoms with van der Waals surface area (Å²) in [7, 11) is 0.00731. The molecule has 0 N–H and O–H groups in total. The van der Waals surface area contributed by atoms with Crippen LogP contribution in [0.5, 0.6) is 11.5 Å². The van der Waals surface area contributed by atoms with Gasteiger partial charge >= 0.3 is 0 Å². The summed E-state index contributed by atoms with van der Waals surface area (Å²) in [6.45, 7) is 1.40. The van der Waals surface area contributed by atoms with Crippen LogP contribution in [0, 0.1) is 0 Å². The Bertz CT molecular complexity index is 836. The summed E-state index contributed by atoms with van der Waals surface area (Å²) in [5, 5.41) is 0. The van der Waals surface area contributed by atoms with Gasteiger partial charge in [0.2, 0.25) is 0 Å². The van der Waals surface area contributed by atoms with E-state index in [-0.39, 0.29) is 11.8 Å². The molecule has 1 saturated heterocycles. The molecule has 0 aliphatic carbocycles. The average Bonchev–Trinajstić information content (AvgIpc) is 3.15. The normalized spacial score (nSPS) is 18.0. The average molecular weight is 375 g/mol. The van der Waals surface area contributed by atoms with Gasteiger partial charge in [-0.1, -0.05) is 24.3 Å². The topological polar surface area (TPSA) is 55.8 Å². The lowest BCUT2D eigenvalue weighted by atomic mass is 10.0. The minimum atomic E-state index is -3.27. The molecule has 5 nitrogen and oxygen atoms in total. The van der Waals surface area contributed by atoms with Crippen LogP contribution < -0.4 is 9.47 Å². The van der Waals surface area contributed by atoms with Crippen LogP contribution in [0.1, 0.15) is 24.4 Å². The molecule has 0 amide bonds. The molecular weight excluding hydrogens is 350 g/mol. The summed E-state index contributed by atoms with van der Waals surface area (Å²) < 4.78 is 35.9. The highest BCUT2D eigenvalue weighted by Gasteiger charge is 2.29. The summed E-state index contributed by atoms with van der Waals surface area (Å²) in [5.74, 6) is 1.65. The van der Waals surface area contributed by atoms with E-state index < -0.39 is 9.84 Å². The van der Waals surface area contributed by atoms with Crippen LogP contribution in [-0.4, -0.2) is 46.4 Å². The molecule has 2 aromatic rings. The van der Waals surface area contributed by atoms with E-state index in [1.807, 2.05) is 24.3 Å². The van der Waals surface area contributed by atoms with Gasteiger partial charge in [-0.05, 0) is 37.6 Å². The van der Waals surface area contributed by atoms with Gasteiger partial charge < -0.3 is 9.47 Å². The third-order valence-corrected chi connectivity index (χ3v) is 6.62. The van der Waals surface area contributed by atoms with E-state index >= 15 is 0 Å². The highest BCUT2D eigenvalue weighted by molar-refractivity contribution is 7.91. The van der Waals surface area contributed by atoms with Crippen LogP contribution in [0.3, 0.4) is 0 Å². The van der Waals surface area contributed by atoms with Gasteiger partial charge in [0.15, 0.2) is 9.84 Å². The van der Waals surface area contributed by atoms with Gasteiger partial charge in [-0.25, -0.2) is 8.42 Å². The molecule has 0 spiro atoms. The van der Waals surface area contributed by atoms with E-state index in [9.17, 15) is 8.42 Å². The number of rotatable bonds is 7. The predicted octanol–water partition coefficient (Wildman–Crippen LogP) is 3.31. The quantitative estimate of drug-likeness (QED) is 0.743. The molecule has 26 heavy (non-hydrogen) atoms. The fourth-order valence-corrected chi connectivity index (χ4v) is 4.81. The summed E-state index contributed by atoms with van der Waals surface area (Å²) in [5.41, 5.74) is 1.09. The molecule has 0 saturated carbocycles. The van der Waals surface area contributed by atoms with Crippen LogP contribution in [0.2, 0.25) is 0 Å². The number of ether oxygens (including phenoxy) is 2. The number of benzene rings is 2. The Kier molecular flexibility index (Phi) is 5.84. The van der Waals surface area contributed by atoms with E-state index in [0.717, 1.165) is 36.4 Å². The van der Waals surface area contributed by atoms with E-state index in [2.05, 4.69) is 4.90 Å². The van der Waals surface area contributed by atoms with Gasteiger partial charge in [-0.2, -0.15) is 0 Å². The summed E-state index contributed by atoms with van der Waals surface area (Å²) in [4.78, 5) is 2.63. The smallest absolute Gasteiger partial charge is 0.179 e. The Morgan fingerprint density at radius 1 is 1.08 bits per heavy atom. The van der Waals surface area contributed by atoms with Gasteiger partial charge in [-0.15, -0.1) is 0 Å². The first-order valence-corrected chi connectivity index (χ1v) is 10.4. The summed E-state index contributed by atoms with van der Waals surface area (Å²) >= 11 is 0. The number of sulfone groups is 1. The zero-order chi connectivity index (χ0) is 18.6. The molecule has 3 rings (SSSR count). The van der Waals surface area contributed by atoms with Crippen LogP contribution in [-0.2, 0) is 9.84 Å². The van der Waals surface area contributed by atoms with Crippen molar-refractivity contribution in [1.29, 1.82) is 0 Å². The Hall–Kier alpha value is -2.05. The Morgan fingerprint density at radius 3 is 2.54 bits per heavy atom. The number of hydrogen-bond donors (Lipinski definition) is 0. The number of likely N-dealkylation sites (tertiary alicyclic amines) is 1. The fraction of sp³-hybridized carbons (Fsp3) is 0.400. The van der Waals surface area contributed by atoms with E-state index in [4.69, 9.17) is 9.47 Å². The zero-order valence-electron chi connectivity index (χ0n) is 15.2. The van der Waals surface area contributed by atoms with Crippen LogP contribution in [0.15, 0.2) is 53.4 Å². The zero-order valence-corrected chi connectivity index (χ0v) is 16.0. The fourth-order valence-electron chi connectivity index (χ4n) is 3.52. The van der Waals surface area contributed by atoms with Crippen molar-refractivity contribution in [1.82, 2.24) is 4.90 Å². The number of methoxy groups -OCH3 is 2. The number of nitrogens with zero attached hydrogens (tertiary/aromatic N) is 1. The predicted molar refractivity (Wildman–Crippen MR) is 102 cm³/mol. The molecular formula is C20H25NO4S. The van der Waals surface area contributed by atoms with Crippen molar-refractivity contribution < 1.29 is 17.9 Å². The lowest BCUT2D eigenvalue weighted by molar-refractivity contribution is 0.265. The molecule has 1 unspecified atom stereocenters. The first-order valence-electron chi connectivity index (χ1n) is 8.79. The van der Waals surface area contributed by atoms with E-state index in [1.165, 1.54) is 0 Å². The molecule has 1 fully saturated rings. The molecule has 1 atom stereocenters. The Balaban J connectivity index is 1.75. The van der Waals surface area contributed by atoms with Crippen LogP contribution >= 0.6 is 0 Å². The van der Waals surface area contributed by atoms with Crippen molar-refractivity contribution in [2.24, 2.45) is 0 Å². The molecule has 0 aromatic heterocycles. The minimum Gasteiger partial charge on any atom is -0.497 e. The van der Waals surface area contributed by atoms with E-state index in [0.29, 0.717) is 11.4 Å². The maximum Gasteiger partial charge on any atom is 0.179 e. The second kappa shape index (κ2) is 8.10. The van der Waals surface area contributed by atoms with Crippen molar-refractivity contribution in [2.45, 2.75) is 23.8 Å². The Labute approximate surface area is 155 Å². The van der Waals surface area contributed by atoms with Gasteiger partial charge in [0.1, 0.15) is 11.5 Å². The molecule has 1 aliphatic heterocycles. The highest BCUT2D eigenvalue weighted by Crippen LogP contribution is 2.38. The molecule has 2 aromatic carbocycles. The second-order valence-electron chi connectivity index (χ2n) is 6.43. The monoisotopic (exact) mass is 375 g/mol. The van der Waals surface area contributed by atoms with Crippen molar-refractivity contribution in [3.63, 3.8) is 0 Å². The maximum absolute atomic E-state index is 12.6. The van der Waals surface area contributed by atoms with Crippen molar-refractivity contribution in [2.75, 3.05) is 33.1 Å². The lowest BCUT2D eigenvalue weighted by Crippen LogP contribution is -2.29. The largest absolute Gasteiger partial charge is 0.497 e. The summed E-state index contributed by atoms with van der Waals surface area (Å²) in [6, 6.07) is 14.6. The van der Waals surface area contributed by atoms with Gasteiger partial charge in [0.05, 0.1) is 24.9 Å². The molecule has 140 valence electrons. The molecule has 6 heteroatoms. The van der Waals surface area contributed by atoms with Gasteiger partial charge in [0.25, 0.3) is 0 Å². The third-order valence-electron chi connectivity index (χ3n) is 4.91. The first kappa shape index (κ1) is 18.7. The Morgan fingerprint density at radius 2 is 1.85 bits per heavy atom. The van der Waals surface area contributed by atoms with Crippen molar-refractivity contribution >= 4 is 9.84 Å². The van der Waals surface area contributed by atoms with Crippen LogP contribution in [0.4, 0.5) is 0 Å². The SMILES string of the molecule is COc1ccc(C2CCCN2CCS(=O)(=O)c2ccccc2)c(OC)c1. The van der Waals surface area contributed by atoms with E-state index in [1.54, 1.807) is 38.5 Å². The highest BCUT2D eigenvalue weighted by atomic mass is 32.2. The molecule has 0 radical (unpaired) electrons. The first-order chi connectivity index (χ1) is 12.5. The number of hydrogen-bond acceptors (Lipinski definition) is 5. The minimum absolute atomic E-state index is 0.117. The molecule has 1 aliphatic rings. The lowest BCUT2D eigenvalue weighted by Gasteiger charge is -2.26.